The van der Waals surface area contributed by atoms with E-state index >= 15 is 0 Å². The van der Waals surface area contributed by atoms with E-state index in [1.54, 1.807) is 7.11 Å². The number of hydrogen-bond donors (Lipinski definition) is 1. The van der Waals surface area contributed by atoms with Gasteiger partial charge in [-0.05, 0) is 68.0 Å². The Balaban J connectivity index is 1.62. The Morgan fingerprint density at radius 1 is 0.673 bits per heavy atom. The van der Waals surface area contributed by atoms with Gasteiger partial charge in [0.05, 0.1) is 29.0 Å². The number of methoxy groups -OCH3 is 1. The Labute approximate surface area is 343 Å². The van der Waals surface area contributed by atoms with Gasteiger partial charge in [-0.1, -0.05) is 169 Å². The van der Waals surface area contributed by atoms with Crippen LogP contribution in [0, 0.1) is 0 Å². The summed E-state index contributed by atoms with van der Waals surface area (Å²) in [4.78, 5) is 0. The molecule has 4 nitrogen and oxygen atoms in total. The monoisotopic (exact) mass is 812 g/mol. The SMILES string of the molecule is C=CC[C@@H](CC1(C[C@@H](O)C[C@H](CO[Si](c2ccccc2)(c2ccccc2)C(C)(C)C)O[Si](c2ccccc2)(c2ccccc2)C(C)(C)C)SCCCS1)OC. The van der Waals surface area contributed by atoms with Gasteiger partial charge in [-0.25, -0.2) is 0 Å². The van der Waals surface area contributed by atoms with Crippen LogP contribution in [0.4, 0.5) is 0 Å². The van der Waals surface area contributed by atoms with Gasteiger partial charge in [-0.3, -0.25) is 0 Å². The van der Waals surface area contributed by atoms with Crippen LogP contribution < -0.4 is 20.7 Å². The van der Waals surface area contributed by atoms with Crippen LogP contribution in [0.25, 0.3) is 0 Å². The lowest BCUT2D eigenvalue weighted by molar-refractivity contribution is 0.0458. The highest BCUT2D eigenvalue weighted by Crippen LogP contribution is 2.50. The molecule has 5 rings (SSSR count). The van der Waals surface area contributed by atoms with Crippen molar-refractivity contribution in [2.24, 2.45) is 0 Å². The molecule has 0 bridgehead atoms. The predicted molar refractivity (Wildman–Crippen MR) is 244 cm³/mol. The first-order valence-corrected chi connectivity index (χ1v) is 25.7. The zero-order chi connectivity index (χ0) is 39.6. The Kier molecular flexibility index (Phi) is 15.4. The second-order valence-electron chi connectivity index (χ2n) is 17.0. The summed E-state index contributed by atoms with van der Waals surface area (Å²) in [7, 11) is -4.13. The van der Waals surface area contributed by atoms with E-state index < -0.39 is 22.7 Å². The fraction of sp³-hybridized carbons (Fsp3) is 0.447. The summed E-state index contributed by atoms with van der Waals surface area (Å²) in [6.07, 6.45) is 4.97. The van der Waals surface area contributed by atoms with Crippen LogP contribution in [0.2, 0.25) is 10.1 Å². The Morgan fingerprint density at radius 2 is 1.09 bits per heavy atom. The van der Waals surface area contributed by atoms with Crippen LogP contribution in [0.15, 0.2) is 134 Å². The van der Waals surface area contributed by atoms with Gasteiger partial charge in [0, 0.05) is 13.5 Å². The molecule has 1 fully saturated rings. The van der Waals surface area contributed by atoms with E-state index in [4.69, 9.17) is 13.6 Å². The molecule has 4 aromatic carbocycles. The largest absolute Gasteiger partial charge is 0.405 e. The summed E-state index contributed by atoms with van der Waals surface area (Å²) in [6.45, 7) is 18.3. The standard InChI is InChI=1S/C47H64O4S2Si2/c1-9-23-39(49-8)36-47(52-32-22-33-53-47)35-38(48)34-40(51-55(46(5,6)7,43-28-18-12-19-29-43)44-30-20-13-21-31-44)37-50-54(45(2,3)4,41-24-14-10-15-25-41)42-26-16-11-17-27-42/h9-21,24-31,38-40,48H,1,22-23,32-37H2,2-8H3/t38-,39-,40+/m0/s1. The van der Waals surface area contributed by atoms with Gasteiger partial charge in [-0.15, -0.1) is 30.1 Å². The average Bonchev–Trinajstić information content (AvgIpc) is 3.17. The molecular weight excluding hydrogens is 749 g/mol. The van der Waals surface area contributed by atoms with Crippen LogP contribution in [0.5, 0.6) is 0 Å². The van der Waals surface area contributed by atoms with Crippen LogP contribution in [-0.4, -0.2) is 69.4 Å². The van der Waals surface area contributed by atoms with E-state index in [1.165, 1.54) is 27.2 Å². The topological polar surface area (TPSA) is 47.9 Å². The molecule has 1 aliphatic rings. The number of thioether (sulfide) groups is 2. The van der Waals surface area contributed by atoms with Gasteiger partial charge in [-0.2, -0.15) is 0 Å². The van der Waals surface area contributed by atoms with E-state index in [1.807, 2.05) is 29.6 Å². The lowest BCUT2D eigenvalue weighted by Crippen LogP contribution is -2.69. The van der Waals surface area contributed by atoms with E-state index in [0.29, 0.717) is 19.4 Å². The fourth-order valence-corrected chi connectivity index (χ4v) is 21.4. The average molecular weight is 813 g/mol. The summed E-state index contributed by atoms with van der Waals surface area (Å²) < 4.78 is 21.4. The van der Waals surface area contributed by atoms with Crippen molar-refractivity contribution in [3.8, 4) is 0 Å². The van der Waals surface area contributed by atoms with Gasteiger partial charge in [0.1, 0.15) is 0 Å². The molecule has 1 aliphatic heterocycles. The summed E-state index contributed by atoms with van der Waals surface area (Å²) >= 11 is 3.99. The van der Waals surface area contributed by atoms with E-state index in [9.17, 15) is 5.11 Å². The molecule has 55 heavy (non-hydrogen) atoms. The smallest absolute Gasteiger partial charge is 0.261 e. The van der Waals surface area contributed by atoms with Crippen molar-refractivity contribution in [3.05, 3.63) is 134 Å². The molecule has 0 radical (unpaired) electrons. The molecule has 0 aliphatic carbocycles. The predicted octanol–water partition coefficient (Wildman–Crippen LogP) is 9.20. The van der Waals surface area contributed by atoms with Crippen LogP contribution in [0.3, 0.4) is 0 Å². The van der Waals surface area contributed by atoms with Crippen molar-refractivity contribution in [1.82, 2.24) is 0 Å². The zero-order valence-electron chi connectivity index (χ0n) is 34.2. The molecule has 296 valence electrons. The minimum absolute atomic E-state index is 0.0606. The lowest BCUT2D eigenvalue weighted by Gasteiger charge is -2.47. The van der Waals surface area contributed by atoms with Crippen molar-refractivity contribution in [2.45, 2.75) is 106 Å². The molecule has 3 atom stereocenters. The molecule has 0 aromatic heterocycles. The van der Waals surface area contributed by atoms with E-state index in [0.717, 1.165) is 24.3 Å². The number of benzene rings is 4. The van der Waals surface area contributed by atoms with E-state index in [2.05, 4.69) is 169 Å². The number of aliphatic hydroxyl groups is 1. The number of ether oxygens (including phenoxy) is 1. The third-order valence-corrected chi connectivity index (χ3v) is 24.6. The first-order valence-electron chi connectivity index (χ1n) is 19.9. The lowest BCUT2D eigenvalue weighted by atomic mass is 10.0. The minimum atomic E-state index is -3.01. The molecule has 0 saturated carbocycles. The van der Waals surface area contributed by atoms with Crippen LogP contribution in [0.1, 0.15) is 73.6 Å². The Morgan fingerprint density at radius 3 is 1.47 bits per heavy atom. The highest BCUT2D eigenvalue weighted by Gasteiger charge is 2.54. The molecule has 1 saturated heterocycles. The Bertz CT molecular complexity index is 1640. The normalized spacial score (nSPS) is 16.9. The maximum absolute atomic E-state index is 12.4. The second kappa shape index (κ2) is 19.4. The number of rotatable bonds is 18. The molecule has 8 heteroatoms. The summed E-state index contributed by atoms with van der Waals surface area (Å²) in [5.41, 5.74) is 0. The van der Waals surface area contributed by atoms with Gasteiger partial charge < -0.3 is 18.7 Å². The second-order valence-corrected chi connectivity index (χ2v) is 28.8. The maximum Gasteiger partial charge on any atom is 0.261 e. The molecular formula is C47H64O4S2Si2. The van der Waals surface area contributed by atoms with Crippen molar-refractivity contribution < 1.29 is 18.7 Å². The molecule has 0 amide bonds. The molecule has 0 unspecified atom stereocenters. The van der Waals surface area contributed by atoms with Crippen LogP contribution in [-0.2, 0) is 13.6 Å². The van der Waals surface area contributed by atoms with Crippen molar-refractivity contribution in [1.29, 1.82) is 0 Å². The highest BCUT2D eigenvalue weighted by atomic mass is 32.2. The van der Waals surface area contributed by atoms with E-state index in [-0.39, 0.29) is 26.4 Å². The molecule has 4 aromatic rings. The zero-order valence-corrected chi connectivity index (χ0v) is 37.8. The molecule has 1 heterocycles. The van der Waals surface area contributed by atoms with Gasteiger partial charge in [0.15, 0.2) is 0 Å². The first kappa shape index (κ1) is 43.7. The maximum atomic E-state index is 12.4. The van der Waals surface area contributed by atoms with Gasteiger partial charge in [0.2, 0.25) is 0 Å². The highest BCUT2D eigenvalue weighted by molar-refractivity contribution is 8.18. The summed E-state index contributed by atoms with van der Waals surface area (Å²) in [5, 5.41) is 16.9. The third-order valence-electron chi connectivity index (χ3n) is 11.1. The quantitative estimate of drug-likeness (QED) is 0.0800. The third kappa shape index (κ3) is 10.2. The number of aliphatic hydroxyl groups excluding tert-OH is 1. The van der Waals surface area contributed by atoms with Crippen molar-refractivity contribution in [2.75, 3.05) is 25.2 Å². The summed E-state index contributed by atoms with van der Waals surface area (Å²) in [6, 6.07) is 43.4. The summed E-state index contributed by atoms with van der Waals surface area (Å²) in [5.74, 6) is 2.17. The van der Waals surface area contributed by atoms with Gasteiger partial charge in [0.25, 0.3) is 16.6 Å². The number of hydrogen-bond acceptors (Lipinski definition) is 6. The molecule has 1 N–H and O–H groups in total. The Hall–Kier alpha value is -2.41. The van der Waals surface area contributed by atoms with Crippen molar-refractivity contribution >= 4 is 60.9 Å². The molecule has 0 spiro atoms. The first-order chi connectivity index (χ1) is 26.3. The fourth-order valence-electron chi connectivity index (χ4n) is 8.55. The van der Waals surface area contributed by atoms with Gasteiger partial charge >= 0.3 is 0 Å². The minimum Gasteiger partial charge on any atom is -0.405 e. The van der Waals surface area contributed by atoms with Crippen molar-refractivity contribution in [3.63, 3.8) is 0 Å². The van der Waals surface area contributed by atoms with Crippen LogP contribution >= 0.6 is 23.5 Å².